The average molecular weight is 409 g/mol. The predicted octanol–water partition coefficient (Wildman–Crippen LogP) is 3.22. The third-order valence-electron chi connectivity index (χ3n) is 5.13. The highest BCUT2D eigenvalue weighted by Crippen LogP contribution is 2.19. The van der Waals surface area contributed by atoms with Gasteiger partial charge < -0.3 is 20.1 Å². The van der Waals surface area contributed by atoms with Gasteiger partial charge in [0.05, 0.1) is 12.9 Å². The number of nitrogens with two attached hydrogens (primary N) is 1. The summed E-state index contributed by atoms with van der Waals surface area (Å²) in [4.78, 5) is 13.2. The van der Waals surface area contributed by atoms with Crippen LogP contribution in [0, 0.1) is 0 Å². The largest absolute Gasteiger partial charge is 0.370 e. The van der Waals surface area contributed by atoms with Gasteiger partial charge in [-0.25, -0.2) is 9.98 Å². The van der Waals surface area contributed by atoms with Crippen molar-refractivity contribution in [3.8, 4) is 0 Å². The Morgan fingerprint density at radius 2 is 1.79 bits per heavy atom. The van der Waals surface area contributed by atoms with Crippen molar-refractivity contribution < 1.29 is 0 Å². The monoisotopic (exact) mass is 408 g/mol. The Morgan fingerprint density at radius 3 is 2.52 bits per heavy atom. The Hall–Kier alpha value is -2.99. The van der Waals surface area contributed by atoms with Crippen LogP contribution in [0.2, 0.25) is 5.02 Å². The molecular formula is C22H25ClN6. The maximum Gasteiger partial charge on any atom is 0.191 e. The molecule has 1 aromatic heterocycles. The molecule has 0 atom stereocenters. The van der Waals surface area contributed by atoms with E-state index in [2.05, 4.69) is 60.7 Å². The third kappa shape index (κ3) is 5.09. The summed E-state index contributed by atoms with van der Waals surface area (Å²) in [6, 6.07) is 16.4. The lowest BCUT2D eigenvalue weighted by Crippen LogP contribution is -2.51. The highest BCUT2D eigenvalue weighted by Gasteiger charge is 2.18. The molecule has 0 aliphatic carbocycles. The molecule has 2 N–H and O–H groups in total. The smallest absolute Gasteiger partial charge is 0.191 e. The van der Waals surface area contributed by atoms with Crippen molar-refractivity contribution in [2.24, 2.45) is 10.7 Å². The SMILES string of the molecule is NC(=NCc1cccc(Cn2ccnc2)c1)N1CCN(c2ccc(Cl)cc2)CC1. The molecule has 0 unspecified atom stereocenters. The number of nitrogens with zero attached hydrogens (tertiary/aromatic N) is 5. The second kappa shape index (κ2) is 9.01. The van der Waals surface area contributed by atoms with Crippen molar-refractivity contribution in [1.29, 1.82) is 0 Å². The van der Waals surface area contributed by atoms with E-state index in [4.69, 9.17) is 17.3 Å². The maximum atomic E-state index is 6.28. The van der Waals surface area contributed by atoms with Gasteiger partial charge in [-0.2, -0.15) is 0 Å². The summed E-state index contributed by atoms with van der Waals surface area (Å²) in [6.07, 6.45) is 5.58. The van der Waals surface area contributed by atoms with Crippen LogP contribution in [0.1, 0.15) is 11.1 Å². The molecule has 0 saturated carbocycles. The van der Waals surface area contributed by atoms with Gasteiger partial charge in [0.2, 0.25) is 0 Å². The van der Waals surface area contributed by atoms with E-state index in [1.54, 1.807) is 6.20 Å². The first-order valence-electron chi connectivity index (χ1n) is 9.76. The van der Waals surface area contributed by atoms with Gasteiger partial charge in [-0.3, -0.25) is 0 Å². The summed E-state index contributed by atoms with van der Waals surface area (Å²) in [5, 5.41) is 0.762. The van der Waals surface area contributed by atoms with Gasteiger partial charge in [0, 0.05) is 55.8 Å². The Balaban J connectivity index is 1.32. The molecule has 7 heteroatoms. The zero-order valence-corrected chi connectivity index (χ0v) is 17.0. The molecule has 0 bridgehead atoms. The second-order valence-electron chi connectivity index (χ2n) is 7.18. The van der Waals surface area contributed by atoms with Crippen molar-refractivity contribution >= 4 is 23.2 Å². The minimum atomic E-state index is 0.584. The molecular weight excluding hydrogens is 384 g/mol. The number of aliphatic imine (C=N–C) groups is 1. The topological polar surface area (TPSA) is 62.7 Å². The summed E-state index contributed by atoms with van der Waals surface area (Å²) >= 11 is 5.98. The Kier molecular flexibility index (Phi) is 6.00. The van der Waals surface area contributed by atoms with Crippen molar-refractivity contribution in [2.75, 3.05) is 31.1 Å². The summed E-state index contributed by atoms with van der Waals surface area (Å²) < 4.78 is 2.05. The molecule has 0 spiro atoms. The van der Waals surface area contributed by atoms with Crippen LogP contribution in [0.5, 0.6) is 0 Å². The van der Waals surface area contributed by atoms with E-state index in [9.17, 15) is 0 Å². The van der Waals surface area contributed by atoms with Crippen LogP contribution < -0.4 is 10.6 Å². The minimum Gasteiger partial charge on any atom is -0.370 e. The number of imidazole rings is 1. The lowest BCUT2D eigenvalue weighted by Gasteiger charge is -2.36. The molecule has 3 aromatic rings. The van der Waals surface area contributed by atoms with E-state index in [-0.39, 0.29) is 0 Å². The molecule has 1 aliphatic heterocycles. The van der Waals surface area contributed by atoms with Crippen molar-refractivity contribution in [1.82, 2.24) is 14.5 Å². The Morgan fingerprint density at radius 1 is 1.03 bits per heavy atom. The van der Waals surface area contributed by atoms with Crippen LogP contribution in [0.4, 0.5) is 5.69 Å². The van der Waals surface area contributed by atoms with Gasteiger partial charge in [0.15, 0.2) is 5.96 Å². The van der Waals surface area contributed by atoms with E-state index in [0.717, 1.165) is 43.3 Å². The molecule has 1 saturated heterocycles. The fourth-order valence-electron chi connectivity index (χ4n) is 3.54. The molecule has 2 aromatic carbocycles. The number of piperazine rings is 1. The fraction of sp³-hybridized carbons (Fsp3) is 0.273. The van der Waals surface area contributed by atoms with Crippen LogP contribution in [0.15, 0.2) is 72.2 Å². The molecule has 0 amide bonds. The zero-order valence-electron chi connectivity index (χ0n) is 16.3. The lowest BCUT2D eigenvalue weighted by atomic mass is 10.1. The van der Waals surface area contributed by atoms with E-state index < -0.39 is 0 Å². The van der Waals surface area contributed by atoms with Gasteiger partial charge in [0.1, 0.15) is 0 Å². The lowest BCUT2D eigenvalue weighted by molar-refractivity contribution is 0.380. The molecule has 29 heavy (non-hydrogen) atoms. The number of rotatable bonds is 5. The normalized spacial score (nSPS) is 15.0. The van der Waals surface area contributed by atoms with Gasteiger partial charge in [0.25, 0.3) is 0 Å². The highest BCUT2D eigenvalue weighted by atomic mass is 35.5. The quantitative estimate of drug-likeness (QED) is 0.520. The van der Waals surface area contributed by atoms with Gasteiger partial charge >= 0.3 is 0 Å². The first-order chi connectivity index (χ1) is 14.2. The average Bonchev–Trinajstić information content (AvgIpc) is 3.26. The summed E-state index contributed by atoms with van der Waals surface area (Å²) in [6.45, 7) is 4.94. The van der Waals surface area contributed by atoms with Crippen LogP contribution in [-0.4, -0.2) is 46.6 Å². The first-order valence-corrected chi connectivity index (χ1v) is 10.1. The molecule has 2 heterocycles. The van der Waals surface area contributed by atoms with E-state index >= 15 is 0 Å². The van der Waals surface area contributed by atoms with Crippen LogP contribution >= 0.6 is 11.6 Å². The van der Waals surface area contributed by atoms with Crippen LogP contribution in [0.25, 0.3) is 0 Å². The van der Waals surface area contributed by atoms with Crippen LogP contribution in [-0.2, 0) is 13.1 Å². The molecule has 4 rings (SSSR count). The summed E-state index contributed by atoms with van der Waals surface area (Å²) in [5.41, 5.74) is 9.85. The molecule has 0 radical (unpaired) electrons. The minimum absolute atomic E-state index is 0.584. The van der Waals surface area contributed by atoms with Crippen molar-refractivity contribution in [2.45, 2.75) is 13.1 Å². The number of aromatic nitrogens is 2. The van der Waals surface area contributed by atoms with E-state index in [1.807, 2.05) is 24.7 Å². The number of halogens is 1. The number of anilines is 1. The molecule has 6 nitrogen and oxygen atoms in total. The van der Waals surface area contributed by atoms with Gasteiger partial charge in [-0.05, 0) is 35.4 Å². The Bertz CT molecular complexity index is 944. The van der Waals surface area contributed by atoms with Crippen molar-refractivity contribution in [3.63, 3.8) is 0 Å². The first kappa shape index (κ1) is 19.3. The number of guanidine groups is 1. The number of hydrogen-bond donors (Lipinski definition) is 1. The van der Waals surface area contributed by atoms with E-state index in [0.29, 0.717) is 12.5 Å². The molecule has 1 fully saturated rings. The van der Waals surface area contributed by atoms with Crippen LogP contribution in [0.3, 0.4) is 0 Å². The third-order valence-corrected chi connectivity index (χ3v) is 5.39. The predicted molar refractivity (Wildman–Crippen MR) is 118 cm³/mol. The van der Waals surface area contributed by atoms with E-state index in [1.165, 1.54) is 11.3 Å². The standard InChI is InChI=1S/C22H25ClN6/c23-20-4-6-21(7-5-20)28-10-12-29(13-11-28)22(24)26-15-18-2-1-3-19(14-18)16-27-9-8-25-17-27/h1-9,14,17H,10-13,15-16H2,(H2,24,26). The fourth-order valence-corrected chi connectivity index (χ4v) is 3.66. The van der Waals surface area contributed by atoms with Crippen molar-refractivity contribution in [3.05, 3.63) is 83.4 Å². The van der Waals surface area contributed by atoms with Gasteiger partial charge in [-0.1, -0.05) is 35.9 Å². The summed E-state index contributed by atoms with van der Waals surface area (Å²) in [7, 11) is 0. The number of hydrogen-bond acceptors (Lipinski definition) is 3. The zero-order chi connectivity index (χ0) is 20.1. The Labute approximate surface area is 176 Å². The number of benzene rings is 2. The van der Waals surface area contributed by atoms with Gasteiger partial charge in [-0.15, -0.1) is 0 Å². The maximum absolute atomic E-state index is 6.28. The highest BCUT2D eigenvalue weighted by molar-refractivity contribution is 6.30. The molecule has 1 aliphatic rings. The summed E-state index contributed by atoms with van der Waals surface area (Å²) in [5.74, 6) is 0.612. The second-order valence-corrected chi connectivity index (χ2v) is 7.62. The molecule has 150 valence electrons.